The third kappa shape index (κ3) is 7.45. The Bertz CT molecular complexity index is 968. The van der Waals surface area contributed by atoms with E-state index >= 15 is 0 Å². The molecule has 0 heterocycles. The lowest BCUT2D eigenvalue weighted by Crippen LogP contribution is -2.59. The summed E-state index contributed by atoms with van der Waals surface area (Å²) in [6, 6.07) is 29.9. The Kier molecular flexibility index (Phi) is 9.84. The number of ether oxygens (including phenoxy) is 5. The summed E-state index contributed by atoms with van der Waals surface area (Å²) in [6.07, 6.45) is -2.42. The SMILES string of the molecule is COCO[C@H]1[C@H](OCc2ccccc2)[C@@H](OCc2ccccc2)[C@H](OCc2ccccc2)C[C@H]1O. The number of hydrogen-bond acceptors (Lipinski definition) is 6. The van der Waals surface area contributed by atoms with Crippen molar-refractivity contribution < 1.29 is 28.8 Å². The van der Waals surface area contributed by atoms with Crippen molar-refractivity contribution in [2.75, 3.05) is 13.9 Å². The highest BCUT2D eigenvalue weighted by Crippen LogP contribution is 2.31. The van der Waals surface area contributed by atoms with Gasteiger partial charge >= 0.3 is 0 Å². The van der Waals surface area contributed by atoms with Crippen molar-refractivity contribution in [3.8, 4) is 0 Å². The lowest BCUT2D eigenvalue weighted by atomic mass is 9.86. The first-order valence-corrected chi connectivity index (χ1v) is 12.0. The predicted molar refractivity (Wildman–Crippen MR) is 132 cm³/mol. The lowest BCUT2D eigenvalue weighted by Gasteiger charge is -2.44. The van der Waals surface area contributed by atoms with E-state index in [2.05, 4.69) is 0 Å². The maximum absolute atomic E-state index is 11.0. The van der Waals surface area contributed by atoms with Crippen molar-refractivity contribution in [1.29, 1.82) is 0 Å². The van der Waals surface area contributed by atoms with Gasteiger partial charge in [0.2, 0.25) is 0 Å². The van der Waals surface area contributed by atoms with Gasteiger partial charge in [0.05, 0.1) is 32.0 Å². The zero-order chi connectivity index (χ0) is 24.3. The van der Waals surface area contributed by atoms with E-state index in [0.717, 1.165) is 16.7 Å². The number of aliphatic hydroxyl groups is 1. The average molecular weight is 479 g/mol. The van der Waals surface area contributed by atoms with Crippen LogP contribution in [0.4, 0.5) is 0 Å². The molecule has 0 aromatic heterocycles. The smallest absolute Gasteiger partial charge is 0.146 e. The quantitative estimate of drug-likeness (QED) is 0.387. The maximum Gasteiger partial charge on any atom is 0.146 e. The second-order valence-electron chi connectivity index (χ2n) is 8.70. The fourth-order valence-electron chi connectivity index (χ4n) is 4.34. The highest BCUT2D eigenvalue weighted by molar-refractivity contribution is 5.15. The van der Waals surface area contributed by atoms with Crippen LogP contribution >= 0.6 is 0 Å². The molecule has 0 spiro atoms. The van der Waals surface area contributed by atoms with E-state index < -0.39 is 24.4 Å². The molecule has 0 bridgehead atoms. The molecule has 1 N–H and O–H groups in total. The molecule has 6 heteroatoms. The molecule has 0 radical (unpaired) electrons. The Balaban J connectivity index is 1.55. The van der Waals surface area contributed by atoms with Crippen LogP contribution in [0.15, 0.2) is 91.0 Å². The minimum atomic E-state index is -0.789. The van der Waals surface area contributed by atoms with Crippen LogP contribution in [0.5, 0.6) is 0 Å². The van der Waals surface area contributed by atoms with E-state index in [9.17, 15) is 5.11 Å². The van der Waals surface area contributed by atoms with E-state index in [-0.39, 0.29) is 12.9 Å². The molecule has 0 aliphatic heterocycles. The Morgan fingerprint density at radius 2 is 1.06 bits per heavy atom. The molecule has 1 fully saturated rings. The maximum atomic E-state index is 11.0. The normalized spacial score (nSPS) is 24.3. The Morgan fingerprint density at radius 1 is 0.600 bits per heavy atom. The van der Waals surface area contributed by atoms with E-state index in [4.69, 9.17) is 23.7 Å². The van der Waals surface area contributed by atoms with Gasteiger partial charge in [-0.2, -0.15) is 0 Å². The van der Waals surface area contributed by atoms with Crippen molar-refractivity contribution in [3.05, 3.63) is 108 Å². The number of aliphatic hydroxyl groups excluding tert-OH is 1. The molecule has 186 valence electrons. The fourth-order valence-corrected chi connectivity index (χ4v) is 4.34. The summed E-state index contributed by atoms with van der Waals surface area (Å²) in [5, 5.41) is 11.0. The number of methoxy groups -OCH3 is 1. The minimum Gasteiger partial charge on any atom is -0.390 e. The summed E-state index contributed by atoms with van der Waals surface area (Å²) in [4.78, 5) is 0. The summed E-state index contributed by atoms with van der Waals surface area (Å²) < 4.78 is 30.2. The van der Waals surface area contributed by atoms with Gasteiger partial charge in [0, 0.05) is 13.5 Å². The molecule has 35 heavy (non-hydrogen) atoms. The van der Waals surface area contributed by atoms with E-state index in [1.165, 1.54) is 0 Å². The van der Waals surface area contributed by atoms with Gasteiger partial charge < -0.3 is 28.8 Å². The van der Waals surface area contributed by atoms with Gasteiger partial charge in [-0.3, -0.25) is 0 Å². The summed E-state index contributed by atoms with van der Waals surface area (Å²) in [6.45, 7) is 1.23. The molecule has 5 atom stereocenters. The molecular weight excluding hydrogens is 444 g/mol. The molecular formula is C29H34O6. The summed E-state index contributed by atoms with van der Waals surface area (Å²) in [7, 11) is 1.56. The van der Waals surface area contributed by atoms with Crippen molar-refractivity contribution in [2.24, 2.45) is 0 Å². The first-order chi connectivity index (χ1) is 17.2. The standard InChI is InChI=1S/C29H34O6/c1-31-21-35-27-25(30)17-26(32-18-22-11-5-2-6-12-22)28(33-19-23-13-7-3-8-14-23)29(27)34-20-24-15-9-4-10-16-24/h2-16,25-30H,17-21H2,1H3/t25-,26-,27-,28+,29+/m1/s1. The second kappa shape index (κ2) is 13.5. The van der Waals surface area contributed by atoms with Crippen molar-refractivity contribution in [2.45, 2.75) is 56.8 Å². The highest BCUT2D eigenvalue weighted by Gasteiger charge is 2.47. The Morgan fingerprint density at radius 3 is 1.54 bits per heavy atom. The van der Waals surface area contributed by atoms with Crippen LogP contribution in [0, 0.1) is 0 Å². The van der Waals surface area contributed by atoms with E-state index in [1.54, 1.807) is 7.11 Å². The first kappa shape index (κ1) is 25.5. The average Bonchev–Trinajstić information content (AvgIpc) is 2.91. The minimum absolute atomic E-state index is 0.0495. The van der Waals surface area contributed by atoms with Crippen molar-refractivity contribution in [3.63, 3.8) is 0 Å². The van der Waals surface area contributed by atoms with E-state index in [0.29, 0.717) is 26.2 Å². The third-order valence-electron chi connectivity index (χ3n) is 6.12. The van der Waals surface area contributed by atoms with Crippen LogP contribution in [0.3, 0.4) is 0 Å². The summed E-state index contributed by atoms with van der Waals surface area (Å²) >= 11 is 0. The molecule has 3 aromatic carbocycles. The highest BCUT2D eigenvalue weighted by atomic mass is 16.7. The molecule has 1 aliphatic rings. The summed E-state index contributed by atoms with van der Waals surface area (Å²) in [5.41, 5.74) is 3.14. The molecule has 3 aromatic rings. The Labute approximate surface area is 207 Å². The molecule has 4 rings (SSSR count). The number of rotatable bonds is 12. The monoisotopic (exact) mass is 478 g/mol. The van der Waals surface area contributed by atoms with Gasteiger partial charge in [-0.25, -0.2) is 0 Å². The van der Waals surface area contributed by atoms with Crippen LogP contribution in [0.25, 0.3) is 0 Å². The second-order valence-corrected chi connectivity index (χ2v) is 8.70. The topological polar surface area (TPSA) is 66.4 Å². The van der Waals surface area contributed by atoms with Gasteiger partial charge in [-0.1, -0.05) is 91.0 Å². The Hall–Kier alpha value is -2.58. The van der Waals surface area contributed by atoms with Crippen molar-refractivity contribution in [1.82, 2.24) is 0 Å². The van der Waals surface area contributed by atoms with Gasteiger partial charge in [0.25, 0.3) is 0 Å². The molecule has 1 saturated carbocycles. The zero-order valence-electron chi connectivity index (χ0n) is 20.1. The molecule has 0 unspecified atom stereocenters. The number of hydrogen-bond donors (Lipinski definition) is 1. The van der Waals surface area contributed by atoms with Crippen LogP contribution in [0.1, 0.15) is 23.1 Å². The van der Waals surface area contributed by atoms with Gasteiger partial charge in [-0.15, -0.1) is 0 Å². The summed E-state index contributed by atoms with van der Waals surface area (Å²) in [5.74, 6) is 0. The lowest BCUT2D eigenvalue weighted by molar-refractivity contribution is -0.251. The van der Waals surface area contributed by atoms with Gasteiger partial charge in [0.15, 0.2) is 0 Å². The molecule has 6 nitrogen and oxygen atoms in total. The van der Waals surface area contributed by atoms with Crippen molar-refractivity contribution >= 4 is 0 Å². The van der Waals surface area contributed by atoms with Gasteiger partial charge in [-0.05, 0) is 16.7 Å². The van der Waals surface area contributed by atoms with Crippen LogP contribution < -0.4 is 0 Å². The van der Waals surface area contributed by atoms with Crippen LogP contribution in [-0.4, -0.2) is 49.5 Å². The predicted octanol–water partition coefficient (Wildman–Crippen LogP) is 4.50. The fraction of sp³-hybridized carbons (Fsp3) is 0.379. The number of benzene rings is 3. The first-order valence-electron chi connectivity index (χ1n) is 12.0. The molecule has 0 saturated heterocycles. The zero-order valence-corrected chi connectivity index (χ0v) is 20.1. The van der Waals surface area contributed by atoms with Gasteiger partial charge in [0.1, 0.15) is 25.1 Å². The van der Waals surface area contributed by atoms with E-state index in [1.807, 2.05) is 91.0 Å². The molecule has 0 amide bonds. The largest absolute Gasteiger partial charge is 0.390 e. The third-order valence-corrected chi connectivity index (χ3v) is 6.12. The van der Waals surface area contributed by atoms with Crippen LogP contribution in [-0.2, 0) is 43.5 Å². The van der Waals surface area contributed by atoms with Crippen LogP contribution in [0.2, 0.25) is 0 Å². The molecule has 1 aliphatic carbocycles.